The summed E-state index contributed by atoms with van der Waals surface area (Å²) < 4.78 is 5.84. The summed E-state index contributed by atoms with van der Waals surface area (Å²) in [6.07, 6.45) is 3.94. The Morgan fingerprint density at radius 2 is 2.14 bits per heavy atom. The molecular weight excluding hydrogens is 395 g/mol. The van der Waals surface area contributed by atoms with Crippen LogP contribution in [0.4, 0.5) is 0 Å². The van der Waals surface area contributed by atoms with Gasteiger partial charge in [-0.1, -0.05) is 12.2 Å². The van der Waals surface area contributed by atoms with Crippen molar-refractivity contribution in [2.24, 2.45) is 4.99 Å². The van der Waals surface area contributed by atoms with Gasteiger partial charge in [0, 0.05) is 20.6 Å². The van der Waals surface area contributed by atoms with Crippen LogP contribution in [0.2, 0.25) is 0 Å². The molecule has 2 aliphatic heterocycles. The molecule has 1 amide bonds. The van der Waals surface area contributed by atoms with E-state index in [2.05, 4.69) is 22.2 Å². The number of carbonyl (C=O) groups excluding carboxylic acids is 1. The molecule has 2 N–H and O–H groups in total. The maximum Gasteiger partial charge on any atom is 0.243 e. The molecule has 0 aromatic heterocycles. The highest BCUT2D eigenvalue weighted by Crippen LogP contribution is 2.34. The van der Waals surface area contributed by atoms with Crippen molar-refractivity contribution < 1.29 is 9.53 Å². The van der Waals surface area contributed by atoms with Gasteiger partial charge in [-0.3, -0.25) is 4.79 Å². The molecule has 0 spiro atoms. The Labute approximate surface area is 149 Å². The number of aliphatic imine (C=N–C) groups is 1. The number of hydrogen-bond donors (Lipinski definition) is 2. The van der Waals surface area contributed by atoms with Gasteiger partial charge in [-0.15, -0.1) is 24.0 Å². The van der Waals surface area contributed by atoms with Gasteiger partial charge in [0.05, 0.1) is 18.2 Å². The Bertz CT molecular complexity index is 439. The van der Waals surface area contributed by atoms with Gasteiger partial charge in [0.2, 0.25) is 5.91 Å². The van der Waals surface area contributed by atoms with E-state index in [1.54, 1.807) is 19.0 Å². The van der Waals surface area contributed by atoms with Crippen molar-refractivity contribution in [3.05, 3.63) is 12.2 Å². The Morgan fingerprint density at radius 3 is 2.64 bits per heavy atom. The molecular formula is C15H27IN4O2. The largest absolute Gasteiger partial charge is 0.373 e. The van der Waals surface area contributed by atoms with Crippen molar-refractivity contribution in [3.63, 3.8) is 0 Å². The number of ether oxygens (including phenoxy) is 1. The fraction of sp³-hybridized carbons (Fsp3) is 0.733. The number of guanidine groups is 1. The zero-order valence-electron chi connectivity index (χ0n) is 13.6. The molecule has 2 aliphatic rings. The van der Waals surface area contributed by atoms with Crippen LogP contribution >= 0.6 is 24.0 Å². The third kappa shape index (κ3) is 5.42. The van der Waals surface area contributed by atoms with Crippen molar-refractivity contribution in [3.8, 4) is 0 Å². The Kier molecular flexibility index (Phi) is 7.61. The molecule has 6 nitrogen and oxygen atoms in total. The molecule has 2 fully saturated rings. The van der Waals surface area contributed by atoms with E-state index < -0.39 is 0 Å². The van der Waals surface area contributed by atoms with Crippen molar-refractivity contribution in [1.82, 2.24) is 15.5 Å². The van der Waals surface area contributed by atoms with Crippen LogP contribution in [0.1, 0.15) is 26.2 Å². The van der Waals surface area contributed by atoms with Crippen LogP contribution < -0.4 is 10.6 Å². The minimum atomic E-state index is -0.0179. The smallest absolute Gasteiger partial charge is 0.243 e. The van der Waals surface area contributed by atoms with E-state index in [0.29, 0.717) is 18.6 Å². The van der Waals surface area contributed by atoms with E-state index in [0.717, 1.165) is 24.8 Å². The quantitative estimate of drug-likeness (QED) is 0.302. The zero-order chi connectivity index (χ0) is 15.4. The lowest BCUT2D eigenvalue weighted by molar-refractivity contribution is -0.127. The summed E-state index contributed by atoms with van der Waals surface area (Å²) in [7, 11) is 3.46. The van der Waals surface area contributed by atoms with E-state index in [9.17, 15) is 4.79 Å². The predicted octanol–water partition coefficient (Wildman–Crippen LogP) is 1.12. The molecule has 3 unspecified atom stereocenters. The number of nitrogens with one attached hydrogen (secondary N) is 2. The summed E-state index contributed by atoms with van der Waals surface area (Å²) >= 11 is 0. The summed E-state index contributed by atoms with van der Waals surface area (Å²) in [4.78, 5) is 17.6. The molecule has 2 rings (SSSR count). The van der Waals surface area contributed by atoms with Gasteiger partial charge in [-0.05, 0) is 26.2 Å². The lowest BCUT2D eigenvalue weighted by atomic mass is 9.96. The summed E-state index contributed by atoms with van der Waals surface area (Å²) in [5.74, 6) is 0.643. The highest BCUT2D eigenvalue weighted by Gasteiger charge is 2.41. The number of carbonyl (C=O) groups is 1. The zero-order valence-corrected chi connectivity index (χ0v) is 15.9. The monoisotopic (exact) mass is 422 g/mol. The Hall–Kier alpha value is -0.830. The van der Waals surface area contributed by atoms with Gasteiger partial charge in [0.25, 0.3) is 0 Å². The summed E-state index contributed by atoms with van der Waals surface area (Å²) in [5, 5.41) is 6.61. The molecule has 126 valence electrons. The lowest BCUT2D eigenvalue weighted by Gasteiger charge is -2.23. The van der Waals surface area contributed by atoms with E-state index in [1.165, 1.54) is 0 Å². The Morgan fingerprint density at radius 1 is 1.41 bits per heavy atom. The van der Waals surface area contributed by atoms with Crippen LogP contribution in [-0.2, 0) is 9.53 Å². The average Bonchev–Trinajstić information content (AvgIpc) is 3.03. The predicted molar refractivity (Wildman–Crippen MR) is 98.7 cm³/mol. The van der Waals surface area contributed by atoms with Gasteiger partial charge in [-0.25, -0.2) is 4.99 Å². The molecule has 0 radical (unpaired) electrons. The van der Waals surface area contributed by atoms with Crippen LogP contribution in [0.25, 0.3) is 0 Å². The fourth-order valence-corrected chi connectivity index (χ4v) is 2.64. The normalized spacial score (nSPS) is 26.3. The standard InChI is InChI=1S/C15H26N4O2.HI/c1-10(2)8-16-15(17-9-14(20)19(3)4)18-12-7-11-5-6-13(12)21-11;/h11-13H,1,5-9H2,2-4H3,(H2,16,17,18);1H. The first-order valence-electron chi connectivity index (χ1n) is 7.50. The molecule has 3 atom stereocenters. The number of amides is 1. The minimum absolute atomic E-state index is 0. The fourth-order valence-electron chi connectivity index (χ4n) is 2.64. The Balaban J connectivity index is 0.00000242. The van der Waals surface area contributed by atoms with Crippen LogP contribution in [-0.4, -0.2) is 62.2 Å². The van der Waals surface area contributed by atoms with Crippen molar-refractivity contribution in [1.29, 1.82) is 0 Å². The van der Waals surface area contributed by atoms with E-state index >= 15 is 0 Å². The summed E-state index contributed by atoms with van der Waals surface area (Å²) in [6, 6.07) is 0.287. The van der Waals surface area contributed by atoms with Gasteiger partial charge in [0.1, 0.15) is 6.54 Å². The first-order valence-corrected chi connectivity index (χ1v) is 7.50. The van der Waals surface area contributed by atoms with Crippen LogP contribution in [0.15, 0.2) is 17.1 Å². The van der Waals surface area contributed by atoms with Gasteiger partial charge in [0.15, 0.2) is 5.96 Å². The van der Waals surface area contributed by atoms with Gasteiger partial charge < -0.3 is 20.3 Å². The average molecular weight is 422 g/mol. The topological polar surface area (TPSA) is 66.0 Å². The maximum absolute atomic E-state index is 11.7. The second-order valence-corrected chi connectivity index (χ2v) is 6.12. The van der Waals surface area contributed by atoms with Gasteiger partial charge in [-0.2, -0.15) is 0 Å². The second kappa shape index (κ2) is 8.71. The molecule has 0 aromatic rings. The molecule has 2 saturated heterocycles. The number of nitrogens with zero attached hydrogens (tertiary/aromatic N) is 2. The van der Waals surface area contributed by atoms with E-state index in [-0.39, 0.29) is 48.6 Å². The molecule has 22 heavy (non-hydrogen) atoms. The van der Waals surface area contributed by atoms with Crippen LogP contribution in [0, 0.1) is 0 Å². The van der Waals surface area contributed by atoms with Crippen molar-refractivity contribution >= 4 is 35.8 Å². The van der Waals surface area contributed by atoms with Crippen molar-refractivity contribution in [2.45, 2.75) is 44.4 Å². The lowest BCUT2D eigenvalue weighted by Crippen LogP contribution is -2.48. The summed E-state index contributed by atoms with van der Waals surface area (Å²) in [5.41, 5.74) is 1.02. The number of halogens is 1. The first kappa shape index (κ1) is 19.2. The third-order valence-corrected chi connectivity index (χ3v) is 3.86. The first-order chi connectivity index (χ1) is 9.95. The van der Waals surface area contributed by atoms with Gasteiger partial charge >= 0.3 is 0 Å². The van der Waals surface area contributed by atoms with Crippen LogP contribution in [0.3, 0.4) is 0 Å². The molecule has 0 aromatic carbocycles. The molecule has 2 bridgehead atoms. The second-order valence-electron chi connectivity index (χ2n) is 6.12. The number of hydrogen-bond acceptors (Lipinski definition) is 3. The minimum Gasteiger partial charge on any atom is -0.373 e. The van der Waals surface area contributed by atoms with E-state index in [1.807, 2.05) is 6.92 Å². The van der Waals surface area contributed by atoms with Crippen LogP contribution in [0.5, 0.6) is 0 Å². The highest BCUT2D eigenvalue weighted by atomic mass is 127. The highest BCUT2D eigenvalue weighted by molar-refractivity contribution is 14.0. The molecule has 7 heteroatoms. The van der Waals surface area contributed by atoms with E-state index in [4.69, 9.17) is 4.74 Å². The maximum atomic E-state index is 11.7. The third-order valence-electron chi connectivity index (χ3n) is 3.86. The number of likely N-dealkylation sites (N-methyl/N-ethyl adjacent to an activating group) is 1. The number of fused-ring (bicyclic) bond motifs is 2. The SMILES string of the molecule is C=C(C)CNC(=NCC(=O)N(C)C)NC1CC2CCC1O2.I. The molecule has 0 saturated carbocycles. The number of rotatable bonds is 5. The van der Waals surface area contributed by atoms with Crippen molar-refractivity contribution in [2.75, 3.05) is 27.2 Å². The summed E-state index contributed by atoms with van der Waals surface area (Å²) in [6.45, 7) is 6.61. The molecule has 2 heterocycles. The molecule has 0 aliphatic carbocycles.